The van der Waals surface area contributed by atoms with Crippen LogP contribution in [0.3, 0.4) is 0 Å². The zero-order valence-corrected chi connectivity index (χ0v) is 30.1. The van der Waals surface area contributed by atoms with Crippen LogP contribution in [0.15, 0.2) is 36.1 Å². The molecular weight excluding hydrogens is 560 g/mol. The van der Waals surface area contributed by atoms with Crippen molar-refractivity contribution in [3.05, 3.63) is 41.7 Å². The molecule has 0 saturated carbocycles. The first-order valence-corrected chi connectivity index (χ1v) is 18.6. The standard InChI is InChI=1S/C22H44O2.C18H26O3/c1-4-5-6-7-8-9-10-13-16-19-22(23)24-20-17-14-11-12-15-18-21(2)3;1-3-4-5-6-7-11-14-21-18(19)17(20-2)15-16-12-9-8-10-13-16/h21H,4-20H2,1-3H3;8-10,12-13,15H,3-7,11,14H2,1-2H3. The summed E-state index contributed by atoms with van der Waals surface area (Å²) in [6, 6.07) is 9.60. The van der Waals surface area contributed by atoms with Gasteiger partial charge in [-0.25, -0.2) is 4.79 Å². The fourth-order valence-electron chi connectivity index (χ4n) is 5.04. The molecule has 5 heteroatoms. The Morgan fingerprint density at radius 2 is 1.09 bits per heavy atom. The van der Waals surface area contributed by atoms with E-state index in [9.17, 15) is 9.59 Å². The van der Waals surface area contributed by atoms with Crippen LogP contribution in [-0.4, -0.2) is 32.3 Å². The molecule has 0 fully saturated rings. The summed E-state index contributed by atoms with van der Waals surface area (Å²) in [4.78, 5) is 23.5. The van der Waals surface area contributed by atoms with Gasteiger partial charge < -0.3 is 14.2 Å². The average Bonchev–Trinajstić information content (AvgIpc) is 3.04. The second kappa shape index (κ2) is 33.1. The molecule has 1 aromatic carbocycles. The molecule has 0 unspecified atom stereocenters. The predicted molar refractivity (Wildman–Crippen MR) is 191 cm³/mol. The predicted octanol–water partition coefficient (Wildman–Crippen LogP) is 12.0. The number of esters is 2. The Kier molecular flexibility index (Phi) is 31.4. The first kappa shape index (κ1) is 42.7. The van der Waals surface area contributed by atoms with E-state index >= 15 is 0 Å². The van der Waals surface area contributed by atoms with E-state index in [0.29, 0.717) is 19.6 Å². The molecule has 45 heavy (non-hydrogen) atoms. The molecule has 0 aliphatic carbocycles. The molecule has 0 spiro atoms. The van der Waals surface area contributed by atoms with Crippen LogP contribution >= 0.6 is 0 Å². The van der Waals surface area contributed by atoms with Gasteiger partial charge >= 0.3 is 11.9 Å². The van der Waals surface area contributed by atoms with Gasteiger partial charge in [0.2, 0.25) is 5.76 Å². The van der Waals surface area contributed by atoms with Gasteiger partial charge in [-0.05, 0) is 36.8 Å². The first-order valence-electron chi connectivity index (χ1n) is 18.6. The maximum Gasteiger partial charge on any atom is 0.373 e. The number of hydrogen-bond donors (Lipinski definition) is 0. The minimum atomic E-state index is -0.394. The van der Waals surface area contributed by atoms with Gasteiger partial charge in [-0.1, -0.05) is 174 Å². The molecule has 0 saturated heterocycles. The van der Waals surface area contributed by atoms with Gasteiger partial charge in [-0.2, -0.15) is 0 Å². The fraction of sp³-hybridized carbons (Fsp3) is 0.750. The van der Waals surface area contributed by atoms with E-state index in [-0.39, 0.29) is 11.7 Å². The summed E-state index contributed by atoms with van der Waals surface area (Å²) in [5.41, 5.74) is 0.922. The minimum Gasteiger partial charge on any atom is -0.490 e. The summed E-state index contributed by atoms with van der Waals surface area (Å²) in [5, 5.41) is 0. The third kappa shape index (κ3) is 30.1. The highest BCUT2D eigenvalue weighted by Gasteiger charge is 2.11. The van der Waals surface area contributed by atoms with Crippen LogP contribution in [0.4, 0.5) is 0 Å². The molecule has 0 atom stereocenters. The molecule has 0 aliphatic rings. The second-order valence-corrected chi connectivity index (χ2v) is 12.8. The lowest BCUT2D eigenvalue weighted by atomic mass is 10.0. The number of rotatable bonds is 28. The maximum atomic E-state index is 11.9. The van der Waals surface area contributed by atoms with Crippen molar-refractivity contribution in [3.63, 3.8) is 0 Å². The van der Waals surface area contributed by atoms with Gasteiger partial charge in [-0.15, -0.1) is 0 Å². The number of benzene rings is 1. The largest absolute Gasteiger partial charge is 0.490 e. The van der Waals surface area contributed by atoms with Gasteiger partial charge in [-0.3, -0.25) is 4.79 Å². The molecule has 0 aromatic heterocycles. The molecule has 1 aromatic rings. The van der Waals surface area contributed by atoms with Crippen molar-refractivity contribution in [3.8, 4) is 0 Å². The van der Waals surface area contributed by atoms with Crippen molar-refractivity contribution < 1.29 is 23.8 Å². The van der Waals surface area contributed by atoms with E-state index in [2.05, 4.69) is 27.7 Å². The zero-order chi connectivity index (χ0) is 33.2. The Balaban J connectivity index is 0.000000867. The normalized spacial score (nSPS) is 11.2. The van der Waals surface area contributed by atoms with Crippen LogP contribution in [0.1, 0.15) is 175 Å². The summed E-state index contributed by atoms with van der Waals surface area (Å²) in [7, 11) is 1.49. The highest BCUT2D eigenvalue weighted by atomic mass is 16.6. The van der Waals surface area contributed by atoms with E-state index in [1.165, 1.54) is 116 Å². The van der Waals surface area contributed by atoms with Crippen LogP contribution in [0, 0.1) is 5.92 Å². The molecule has 1 rings (SSSR count). The fourth-order valence-corrected chi connectivity index (χ4v) is 5.04. The monoisotopic (exact) mass is 631 g/mol. The lowest BCUT2D eigenvalue weighted by Gasteiger charge is -2.07. The van der Waals surface area contributed by atoms with Gasteiger partial charge in [0.1, 0.15) is 0 Å². The van der Waals surface area contributed by atoms with Crippen LogP contribution in [0.5, 0.6) is 0 Å². The minimum absolute atomic E-state index is 0.0118. The Morgan fingerprint density at radius 3 is 1.60 bits per heavy atom. The van der Waals surface area contributed by atoms with Gasteiger partial charge in [0.15, 0.2) is 0 Å². The number of carbonyl (C=O) groups excluding carboxylic acids is 2. The van der Waals surface area contributed by atoms with Crippen LogP contribution in [0.25, 0.3) is 6.08 Å². The van der Waals surface area contributed by atoms with E-state index in [0.717, 1.165) is 37.2 Å². The molecule has 0 aliphatic heterocycles. The number of hydrogen-bond acceptors (Lipinski definition) is 5. The Hall–Kier alpha value is -2.30. The summed E-state index contributed by atoms with van der Waals surface area (Å²) in [6.07, 6.45) is 28.5. The quantitative estimate of drug-likeness (QED) is 0.0399. The number of unbranched alkanes of at least 4 members (excludes halogenated alkanes) is 17. The van der Waals surface area contributed by atoms with E-state index in [1.807, 2.05) is 30.3 Å². The van der Waals surface area contributed by atoms with Crippen molar-refractivity contribution in [1.29, 1.82) is 0 Å². The molecule has 5 nitrogen and oxygen atoms in total. The molecule has 0 radical (unpaired) electrons. The summed E-state index contributed by atoms with van der Waals surface area (Å²) < 4.78 is 15.7. The van der Waals surface area contributed by atoms with E-state index < -0.39 is 5.97 Å². The summed E-state index contributed by atoms with van der Waals surface area (Å²) >= 11 is 0. The smallest absolute Gasteiger partial charge is 0.373 e. The molecule has 260 valence electrons. The topological polar surface area (TPSA) is 61.8 Å². The lowest BCUT2D eigenvalue weighted by Crippen LogP contribution is -2.10. The van der Waals surface area contributed by atoms with Crippen molar-refractivity contribution in [2.45, 2.75) is 169 Å². The van der Waals surface area contributed by atoms with E-state index in [1.54, 1.807) is 6.08 Å². The van der Waals surface area contributed by atoms with Crippen molar-refractivity contribution >= 4 is 18.0 Å². The van der Waals surface area contributed by atoms with Gasteiger partial charge in [0.05, 0.1) is 20.3 Å². The van der Waals surface area contributed by atoms with Crippen LogP contribution < -0.4 is 0 Å². The van der Waals surface area contributed by atoms with Crippen LogP contribution in [0.2, 0.25) is 0 Å². The summed E-state index contributed by atoms with van der Waals surface area (Å²) in [5.74, 6) is 0.687. The maximum absolute atomic E-state index is 11.9. The second-order valence-electron chi connectivity index (χ2n) is 12.8. The van der Waals surface area contributed by atoms with Crippen molar-refractivity contribution in [1.82, 2.24) is 0 Å². The van der Waals surface area contributed by atoms with E-state index in [4.69, 9.17) is 14.2 Å². The molecular formula is C40H70O5. The third-order valence-corrected chi connectivity index (χ3v) is 7.92. The Morgan fingerprint density at radius 1 is 0.622 bits per heavy atom. The zero-order valence-electron chi connectivity index (χ0n) is 30.1. The van der Waals surface area contributed by atoms with Gasteiger partial charge in [0, 0.05) is 6.42 Å². The Labute approximate surface area is 278 Å². The third-order valence-electron chi connectivity index (χ3n) is 7.92. The van der Waals surface area contributed by atoms with Crippen molar-refractivity contribution in [2.24, 2.45) is 5.92 Å². The number of methoxy groups -OCH3 is 1. The summed E-state index contributed by atoms with van der Waals surface area (Å²) in [6.45, 7) is 10.1. The van der Waals surface area contributed by atoms with Gasteiger partial charge in [0.25, 0.3) is 0 Å². The molecule has 0 bridgehead atoms. The number of carbonyl (C=O) groups is 2. The SMILES string of the molecule is CCCCCCCCCCCC(=O)OCCCCCCCC(C)C.CCCCCCCCOC(=O)C(=Cc1ccccc1)OC. The average molecular weight is 631 g/mol. The van der Waals surface area contributed by atoms with Crippen LogP contribution in [-0.2, 0) is 23.8 Å². The molecule has 0 heterocycles. The molecule has 0 amide bonds. The highest BCUT2D eigenvalue weighted by molar-refractivity contribution is 5.91. The first-order chi connectivity index (χ1) is 21.9. The number of ether oxygens (including phenoxy) is 3. The molecule has 0 N–H and O–H groups in total. The highest BCUT2D eigenvalue weighted by Crippen LogP contribution is 2.13. The Bertz CT molecular complexity index is 817. The lowest BCUT2D eigenvalue weighted by molar-refractivity contribution is -0.144. The van der Waals surface area contributed by atoms with Crippen molar-refractivity contribution in [2.75, 3.05) is 20.3 Å².